The van der Waals surface area contributed by atoms with Gasteiger partial charge in [0.2, 0.25) is 0 Å². The summed E-state index contributed by atoms with van der Waals surface area (Å²) in [5, 5.41) is 0.331. The molecule has 1 heterocycles. The van der Waals surface area contributed by atoms with Gasteiger partial charge in [-0.05, 0) is 20.8 Å². The quantitative estimate of drug-likeness (QED) is 0.482. The van der Waals surface area contributed by atoms with E-state index in [2.05, 4.69) is 12.6 Å². The Labute approximate surface area is 107 Å². The molecule has 1 rings (SSSR count). The number of amides is 1. The van der Waals surface area contributed by atoms with Crippen molar-refractivity contribution in [3.8, 4) is 0 Å². The van der Waals surface area contributed by atoms with Crippen LogP contribution in [-0.2, 0) is 4.74 Å². The molecule has 0 aromatic heterocycles. The fourth-order valence-electron chi connectivity index (χ4n) is 0.931. The van der Waals surface area contributed by atoms with Gasteiger partial charge in [0.1, 0.15) is 5.60 Å². The molecule has 0 unspecified atom stereocenters. The number of hydrogen-bond acceptors (Lipinski definition) is 3. The van der Waals surface area contributed by atoms with Crippen LogP contribution in [0.5, 0.6) is 0 Å². The number of carbonyl (C=O) groups is 1. The topological polar surface area (TPSA) is 29.5 Å². The van der Waals surface area contributed by atoms with E-state index in [-0.39, 0.29) is 35.7 Å². The third kappa shape index (κ3) is 4.58. The summed E-state index contributed by atoms with van der Waals surface area (Å²) in [6.45, 7) is 7.00. The minimum absolute atomic E-state index is 0. The Balaban J connectivity index is 0.00000144. The molecule has 1 saturated heterocycles. The maximum Gasteiger partial charge on any atom is 0.410 e. The van der Waals surface area contributed by atoms with Crippen LogP contribution in [0.15, 0.2) is 0 Å². The van der Waals surface area contributed by atoms with E-state index in [4.69, 9.17) is 4.74 Å². The summed E-state index contributed by atoms with van der Waals surface area (Å²) in [5.41, 5.74) is -0.390. The number of thiol groups is 1. The van der Waals surface area contributed by atoms with Gasteiger partial charge in [0.25, 0.3) is 0 Å². The van der Waals surface area contributed by atoms with E-state index < -0.39 is 5.60 Å². The van der Waals surface area contributed by atoms with Crippen LogP contribution in [0.3, 0.4) is 0 Å². The first-order valence-corrected chi connectivity index (χ1v) is 4.56. The normalized spacial score (nSPS) is 17.4. The molecular weight excluding hydrogens is 197 g/mol. The molecule has 0 saturated carbocycles. The monoisotopic (exact) mass is 212 g/mol. The van der Waals surface area contributed by atoms with Gasteiger partial charge < -0.3 is 9.64 Å². The van der Waals surface area contributed by atoms with E-state index in [1.807, 2.05) is 20.8 Å². The summed E-state index contributed by atoms with van der Waals surface area (Å²) >= 11 is 4.20. The SMILES string of the molecule is CC(C)(C)OC(=O)N1CC(S)C1.[Na]. The maximum atomic E-state index is 11.3. The first-order valence-electron chi connectivity index (χ1n) is 4.04. The molecule has 1 fully saturated rings. The van der Waals surface area contributed by atoms with Gasteiger partial charge in [-0.1, -0.05) is 0 Å². The van der Waals surface area contributed by atoms with E-state index in [9.17, 15) is 4.79 Å². The summed E-state index contributed by atoms with van der Waals surface area (Å²) < 4.78 is 5.14. The molecule has 0 aromatic carbocycles. The molecule has 0 aliphatic carbocycles. The Kier molecular flexibility index (Phi) is 5.15. The second-order valence-electron chi connectivity index (χ2n) is 4.04. The third-order valence-electron chi connectivity index (χ3n) is 1.51. The van der Waals surface area contributed by atoms with Crippen molar-refractivity contribution in [3.05, 3.63) is 0 Å². The molecule has 1 radical (unpaired) electrons. The molecule has 0 bridgehead atoms. The van der Waals surface area contributed by atoms with Gasteiger partial charge in [0.15, 0.2) is 0 Å². The van der Waals surface area contributed by atoms with Crippen molar-refractivity contribution in [1.29, 1.82) is 0 Å². The van der Waals surface area contributed by atoms with Gasteiger partial charge >= 0.3 is 6.09 Å². The van der Waals surface area contributed by atoms with E-state index in [1.165, 1.54) is 0 Å². The molecule has 1 amide bonds. The zero-order chi connectivity index (χ0) is 9.35. The fraction of sp³-hybridized carbons (Fsp3) is 0.875. The van der Waals surface area contributed by atoms with Crippen LogP contribution in [0.4, 0.5) is 4.79 Å². The van der Waals surface area contributed by atoms with Crippen LogP contribution in [-0.4, -0.2) is 64.5 Å². The average Bonchev–Trinajstić information content (AvgIpc) is 1.76. The first kappa shape index (κ1) is 13.6. The molecule has 0 N–H and O–H groups in total. The summed E-state index contributed by atoms with van der Waals surface area (Å²) in [5.74, 6) is 0. The maximum absolute atomic E-state index is 11.3. The second-order valence-corrected chi connectivity index (χ2v) is 4.77. The first-order chi connectivity index (χ1) is 5.38. The fourth-order valence-corrected chi connectivity index (χ4v) is 1.33. The largest absolute Gasteiger partial charge is 0.444 e. The van der Waals surface area contributed by atoms with Crippen LogP contribution < -0.4 is 0 Å². The van der Waals surface area contributed by atoms with Gasteiger partial charge in [-0.25, -0.2) is 4.79 Å². The van der Waals surface area contributed by atoms with Crippen molar-refractivity contribution in [2.24, 2.45) is 0 Å². The molecule has 13 heavy (non-hydrogen) atoms. The number of hydrogen-bond donors (Lipinski definition) is 1. The number of nitrogens with zero attached hydrogens (tertiary/aromatic N) is 1. The summed E-state index contributed by atoms with van der Waals surface area (Å²) in [6, 6.07) is 0. The molecule has 1 aliphatic heterocycles. The number of rotatable bonds is 0. The Morgan fingerprint density at radius 3 is 2.23 bits per heavy atom. The molecule has 0 spiro atoms. The van der Waals surface area contributed by atoms with E-state index in [0.29, 0.717) is 18.3 Å². The van der Waals surface area contributed by atoms with Crippen molar-refractivity contribution in [2.45, 2.75) is 31.6 Å². The Morgan fingerprint density at radius 1 is 1.46 bits per heavy atom. The molecule has 0 atom stereocenters. The van der Waals surface area contributed by atoms with Crippen molar-refractivity contribution in [2.75, 3.05) is 13.1 Å². The zero-order valence-corrected chi connectivity index (χ0v) is 11.6. The summed E-state index contributed by atoms with van der Waals surface area (Å²) in [7, 11) is 0. The van der Waals surface area contributed by atoms with Gasteiger partial charge in [-0.15, -0.1) is 0 Å². The van der Waals surface area contributed by atoms with Crippen LogP contribution in [0.1, 0.15) is 20.8 Å². The number of likely N-dealkylation sites (tertiary alicyclic amines) is 1. The average molecular weight is 212 g/mol. The molecule has 5 heteroatoms. The Morgan fingerprint density at radius 2 is 1.92 bits per heavy atom. The second kappa shape index (κ2) is 4.91. The van der Waals surface area contributed by atoms with Gasteiger partial charge in [0.05, 0.1) is 0 Å². The van der Waals surface area contributed by atoms with Crippen LogP contribution >= 0.6 is 12.6 Å². The number of carbonyl (C=O) groups excluding carboxylic acids is 1. The molecule has 1 aliphatic rings. The minimum Gasteiger partial charge on any atom is -0.444 e. The third-order valence-corrected chi connectivity index (χ3v) is 1.84. The predicted octanol–water partition coefficient (Wildman–Crippen LogP) is 1.15. The van der Waals surface area contributed by atoms with E-state index >= 15 is 0 Å². The van der Waals surface area contributed by atoms with Crippen molar-refractivity contribution in [1.82, 2.24) is 4.90 Å². The summed E-state index contributed by atoms with van der Waals surface area (Å²) in [4.78, 5) is 12.9. The van der Waals surface area contributed by atoms with E-state index in [1.54, 1.807) is 4.90 Å². The molecule has 3 nitrogen and oxygen atoms in total. The predicted molar refractivity (Wildman–Crippen MR) is 56.3 cm³/mol. The van der Waals surface area contributed by atoms with Gasteiger partial charge in [-0.2, -0.15) is 12.6 Å². The number of ether oxygens (including phenoxy) is 1. The standard InChI is InChI=1S/C8H15NO2S.Na/c1-8(2,3)11-7(10)9-4-6(12)5-9;/h6,12H,4-5H2,1-3H3;. The van der Waals surface area contributed by atoms with Crippen LogP contribution in [0.2, 0.25) is 0 Å². The summed E-state index contributed by atoms with van der Waals surface area (Å²) in [6.07, 6.45) is -0.229. The van der Waals surface area contributed by atoms with Crippen molar-refractivity contribution < 1.29 is 9.53 Å². The van der Waals surface area contributed by atoms with Crippen molar-refractivity contribution >= 4 is 48.3 Å². The van der Waals surface area contributed by atoms with Gasteiger partial charge in [0, 0.05) is 47.9 Å². The Hall–Kier alpha value is 0.620. The zero-order valence-electron chi connectivity index (χ0n) is 8.70. The molecule has 71 valence electrons. The molecule has 0 aromatic rings. The Bertz CT molecular complexity index is 187. The smallest absolute Gasteiger partial charge is 0.410 e. The molecular formula is C8H15NNaO2S. The minimum atomic E-state index is -0.390. The van der Waals surface area contributed by atoms with Crippen molar-refractivity contribution in [3.63, 3.8) is 0 Å². The van der Waals surface area contributed by atoms with Gasteiger partial charge in [-0.3, -0.25) is 0 Å². The van der Waals surface area contributed by atoms with Crippen LogP contribution in [0.25, 0.3) is 0 Å². The van der Waals surface area contributed by atoms with Crippen LogP contribution in [0, 0.1) is 0 Å². The van der Waals surface area contributed by atoms with E-state index in [0.717, 1.165) is 0 Å².